The van der Waals surface area contributed by atoms with Crippen molar-refractivity contribution < 1.29 is 18.8 Å². The lowest BCUT2D eigenvalue weighted by Gasteiger charge is -2.35. The standard InChI is InChI=1S/C23H26N4O4S/c1-4-30-17-10-8-16(9-11-17)20-19(15(2)27(23(28)24-20)12-6-13-29-3)22-25-21(26-31-22)18-7-5-14-32-18/h5,7-11,14,20H,4,6,12-13H2,1-3H3,(H,24,28). The van der Waals surface area contributed by atoms with Crippen molar-refractivity contribution in [3.05, 3.63) is 58.9 Å². The Balaban J connectivity index is 1.73. The Labute approximate surface area is 190 Å². The molecule has 1 atom stereocenters. The number of carbonyl (C=O) groups is 1. The molecule has 0 radical (unpaired) electrons. The number of nitrogens with one attached hydrogen (secondary N) is 1. The van der Waals surface area contributed by atoms with Gasteiger partial charge in [0.05, 0.1) is 23.1 Å². The number of rotatable bonds is 9. The molecule has 0 aliphatic carbocycles. The number of carbonyl (C=O) groups excluding carboxylic acids is 1. The number of urea groups is 1. The van der Waals surface area contributed by atoms with Crippen molar-refractivity contribution in [2.75, 3.05) is 26.9 Å². The molecule has 0 spiro atoms. The Hall–Kier alpha value is -3.17. The van der Waals surface area contributed by atoms with Crippen molar-refractivity contribution in [1.82, 2.24) is 20.4 Å². The molecule has 1 unspecified atom stereocenters. The zero-order valence-corrected chi connectivity index (χ0v) is 19.1. The minimum absolute atomic E-state index is 0.167. The summed E-state index contributed by atoms with van der Waals surface area (Å²) in [6.07, 6.45) is 0.715. The fourth-order valence-electron chi connectivity index (χ4n) is 3.71. The van der Waals surface area contributed by atoms with E-state index in [-0.39, 0.29) is 6.03 Å². The van der Waals surface area contributed by atoms with Gasteiger partial charge in [-0.05, 0) is 49.4 Å². The van der Waals surface area contributed by atoms with E-state index in [9.17, 15) is 4.79 Å². The molecule has 0 saturated carbocycles. The fourth-order valence-corrected chi connectivity index (χ4v) is 4.36. The minimum Gasteiger partial charge on any atom is -0.494 e. The highest BCUT2D eigenvalue weighted by molar-refractivity contribution is 7.13. The van der Waals surface area contributed by atoms with Crippen LogP contribution in [-0.2, 0) is 4.74 Å². The second-order valence-electron chi connectivity index (χ2n) is 7.28. The summed E-state index contributed by atoms with van der Waals surface area (Å²) in [5, 5.41) is 9.25. The van der Waals surface area contributed by atoms with E-state index in [0.29, 0.717) is 37.9 Å². The zero-order chi connectivity index (χ0) is 22.5. The molecule has 0 bridgehead atoms. The molecule has 3 heterocycles. The first-order chi connectivity index (χ1) is 15.6. The van der Waals surface area contributed by atoms with Gasteiger partial charge in [0.2, 0.25) is 5.82 Å². The quantitative estimate of drug-likeness (QED) is 0.470. The van der Waals surface area contributed by atoms with Crippen LogP contribution in [0.4, 0.5) is 4.79 Å². The molecule has 168 valence electrons. The van der Waals surface area contributed by atoms with Gasteiger partial charge in [-0.1, -0.05) is 23.4 Å². The third-order valence-electron chi connectivity index (χ3n) is 5.25. The zero-order valence-electron chi connectivity index (χ0n) is 18.3. The van der Waals surface area contributed by atoms with Crippen LogP contribution in [0.2, 0.25) is 0 Å². The van der Waals surface area contributed by atoms with E-state index in [0.717, 1.165) is 27.5 Å². The van der Waals surface area contributed by atoms with E-state index in [1.807, 2.05) is 55.6 Å². The van der Waals surface area contributed by atoms with Gasteiger partial charge in [-0.2, -0.15) is 4.98 Å². The van der Waals surface area contributed by atoms with E-state index in [2.05, 4.69) is 15.5 Å². The van der Waals surface area contributed by atoms with Gasteiger partial charge in [0.1, 0.15) is 5.75 Å². The SMILES string of the molecule is CCOc1ccc(C2NC(=O)N(CCCOC)C(C)=C2c2nc(-c3cccs3)no2)cc1. The highest BCUT2D eigenvalue weighted by Crippen LogP contribution is 2.38. The molecule has 4 rings (SSSR count). The Morgan fingerprint density at radius 2 is 2.06 bits per heavy atom. The molecule has 1 aromatic carbocycles. The Morgan fingerprint density at radius 3 is 2.75 bits per heavy atom. The Kier molecular flexibility index (Phi) is 6.87. The number of methoxy groups -OCH3 is 1. The molecule has 1 N–H and O–H groups in total. The molecule has 1 aliphatic heterocycles. The van der Waals surface area contributed by atoms with Crippen LogP contribution >= 0.6 is 11.3 Å². The maximum Gasteiger partial charge on any atom is 0.322 e. The van der Waals surface area contributed by atoms with Crippen molar-refractivity contribution in [1.29, 1.82) is 0 Å². The van der Waals surface area contributed by atoms with Crippen LogP contribution in [0.5, 0.6) is 5.75 Å². The number of hydrogen-bond donors (Lipinski definition) is 1. The van der Waals surface area contributed by atoms with Crippen LogP contribution < -0.4 is 10.1 Å². The Bertz CT molecular complexity index is 1080. The summed E-state index contributed by atoms with van der Waals surface area (Å²) in [6.45, 7) is 5.54. The van der Waals surface area contributed by atoms with Crippen molar-refractivity contribution in [2.24, 2.45) is 0 Å². The molecule has 1 aliphatic rings. The largest absolute Gasteiger partial charge is 0.494 e. The number of ether oxygens (including phenoxy) is 2. The van der Waals surface area contributed by atoms with E-state index < -0.39 is 6.04 Å². The Morgan fingerprint density at radius 1 is 1.25 bits per heavy atom. The predicted octanol–water partition coefficient (Wildman–Crippen LogP) is 4.73. The maximum absolute atomic E-state index is 13.0. The predicted molar refractivity (Wildman–Crippen MR) is 122 cm³/mol. The molecule has 32 heavy (non-hydrogen) atoms. The van der Waals surface area contributed by atoms with Gasteiger partial charge < -0.3 is 19.3 Å². The summed E-state index contributed by atoms with van der Waals surface area (Å²) in [5.41, 5.74) is 2.47. The van der Waals surface area contributed by atoms with E-state index in [4.69, 9.17) is 14.0 Å². The highest BCUT2D eigenvalue weighted by atomic mass is 32.1. The number of hydrogen-bond acceptors (Lipinski definition) is 7. The first-order valence-corrected chi connectivity index (χ1v) is 11.4. The van der Waals surface area contributed by atoms with Gasteiger partial charge >= 0.3 is 6.03 Å². The van der Waals surface area contributed by atoms with E-state index >= 15 is 0 Å². The van der Waals surface area contributed by atoms with Crippen LogP contribution in [0.25, 0.3) is 16.3 Å². The van der Waals surface area contributed by atoms with Gasteiger partial charge in [-0.3, -0.25) is 4.90 Å². The normalized spacial score (nSPS) is 16.4. The number of nitrogens with zero attached hydrogens (tertiary/aromatic N) is 3. The molecular weight excluding hydrogens is 428 g/mol. The van der Waals surface area contributed by atoms with Gasteiger partial charge in [-0.15, -0.1) is 11.3 Å². The van der Waals surface area contributed by atoms with E-state index in [1.54, 1.807) is 23.3 Å². The number of amides is 2. The van der Waals surface area contributed by atoms with Crippen molar-refractivity contribution in [3.63, 3.8) is 0 Å². The summed E-state index contributed by atoms with van der Waals surface area (Å²) in [5.74, 6) is 1.70. The minimum atomic E-state index is -0.423. The molecule has 2 aromatic heterocycles. The molecule has 9 heteroatoms. The van der Waals surface area contributed by atoms with Gasteiger partial charge in [0.25, 0.3) is 5.89 Å². The lowest BCUT2D eigenvalue weighted by molar-refractivity contribution is 0.174. The van der Waals surface area contributed by atoms with Gasteiger partial charge in [0, 0.05) is 26.0 Å². The number of aromatic nitrogens is 2. The van der Waals surface area contributed by atoms with Crippen molar-refractivity contribution in [2.45, 2.75) is 26.3 Å². The average Bonchev–Trinajstić information content (AvgIpc) is 3.48. The van der Waals surface area contributed by atoms with Crippen molar-refractivity contribution in [3.8, 4) is 16.5 Å². The third kappa shape index (κ3) is 4.53. The summed E-state index contributed by atoms with van der Waals surface area (Å²) in [6, 6.07) is 11.0. The van der Waals surface area contributed by atoms with Crippen LogP contribution in [-0.4, -0.2) is 47.9 Å². The second kappa shape index (κ2) is 9.97. The van der Waals surface area contributed by atoms with Crippen LogP contribution in [0.15, 0.2) is 52.0 Å². The van der Waals surface area contributed by atoms with Gasteiger partial charge in [0.15, 0.2) is 0 Å². The number of thiophene rings is 1. The highest BCUT2D eigenvalue weighted by Gasteiger charge is 2.35. The molecule has 3 aromatic rings. The molecule has 0 saturated heterocycles. The third-order valence-corrected chi connectivity index (χ3v) is 6.11. The van der Waals surface area contributed by atoms with E-state index in [1.165, 1.54) is 0 Å². The monoisotopic (exact) mass is 454 g/mol. The smallest absolute Gasteiger partial charge is 0.322 e. The van der Waals surface area contributed by atoms with Crippen LogP contribution in [0.3, 0.4) is 0 Å². The average molecular weight is 455 g/mol. The summed E-state index contributed by atoms with van der Waals surface area (Å²) >= 11 is 1.55. The number of allylic oxidation sites excluding steroid dienone is 1. The molecule has 8 nitrogen and oxygen atoms in total. The van der Waals surface area contributed by atoms with Crippen LogP contribution in [0.1, 0.15) is 37.8 Å². The summed E-state index contributed by atoms with van der Waals surface area (Å²) in [4.78, 5) is 20.3. The summed E-state index contributed by atoms with van der Waals surface area (Å²) in [7, 11) is 1.65. The number of benzene rings is 1. The molecule has 0 fully saturated rings. The lowest BCUT2D eigenvalue weighted by atomic mass is 9.94. The first kappa shape index (κ1) is 22.0. The second-order valence-corrected chi connectivity index (χ2v) is 8.23. The maximum atomic E-state index is 13.0. The summed E-state index contributed by atoms with van der Waals surface area (Å²) < 4.78 is 16.4. The molecule has 2 amide bonds. The first-order valence-electron chi connectivity index (χ1n) is 10.5. The topological polar surface area (TPSA) is 89.7 Å². The van der Waals surface area contributed by atoms with Crippen molar-refractivity contribution >= 4 is 22.9 Å². The fraction of sp³-hybridized carbons (Fsp3) is 0.348. The van der Waals surface area contributed by atoms with Crippen LogP contribution in [0, 0.1) is 0 Å². The van der Waals surface area contributed by atoms with Gasteiger partial charge in [-0.25, -0.2) is 4.79 Å². The molecular formula is C23H26N4O4S. The lowest BCUT2D eigenvalue weighted by Crippen LogP contribution is -2.46.